The van der Waals surface area contributed by atoms with Gasteiger partial charge in [0.25, 0.3) is 0 Å². The van der Waals surface area contributed by atoms with Crippen LogP contribution >= 0.6 is 15.9 Å². The fourth-order valence-electron chi connectivity index (χ4n) is 2.11. The lowest BCUT2D eigenvalue weighted by Gasteiger charge is -2.21. The second kappa shape index (κ2) is 8.56. The molecule has 1 aromatic carbocycles. The normalized spacial score (nSPS) is 12.7. The molecule has 108 valence electrons. The molecule has 1 atom stereocenters. The molecule has 2 N–H and O–H groups in total. The second-order valence-corrected chi connectivity index (χ2v) is 5.59. The first-order valence-corrected chi connectivity index (χ1v) is 7.70. The van der Waals surface area contributed by atoms with Gasteiger partial charge < -0.3 is 15.4 Å². The summed E-state index contributed by atoms with van der Waals surface area (Å²) in [7, 11) is 1.69. The predicted octanol–water partition coefficient (Wildman–Crippen LogP) is 3.06. The molecular weight excluding hydrogens is 304 g/mol. The van der Waals surface area contributed by atoms with Gasteiger partial charge in [0, 0.05) is 10.5 Å². The lowest BCUT2D eigenvalue weighted by molar-refractivity contribution is 0.289. The van der Waals surface area contributed by atoms with Crippen LogP contribution in [0.2, 0.25) is 0 Å². The van der Waals surface area contributed by atoms with Gasteiger partial charge in [-0.15, -0.1) is 0 Å². The quantitative estimate of drug-likeness (QED) is 0.797. The van der Waals surface area contributed by atoms with Crippen molar-refractivity contribution in [3.8, 4) is 5.75 Å². The van der Waals surface area contributed by atoms with Crippen molar-refractivity contribution in [1.29, 1.82) is 0 Å². The van der Waals surface area contributed by atoms with E-state index in [4.69, 9.17) is 10.5 Å². The molecule has 3 nitrogen and oxygen atoms in total. The minimum absolute atomic E-state index is 0.184. The SMILES string of the molecule is CCN(CC)CCC(N)Cc1cc(OC)ccc1Br. The van der Waals surface area contributed by atoms with Gasteiger partial charge in [-0.3, -0.25) is 0 Å². The highest BCUT2D eigenvalue weighted by Gasteiger charge is 2.10. The van der Waals surface area contributed by atoms with E-state index < -0.39 is 0 Å². The Morgan fingerprint density at radius 3 is 2.58 bits per heavy atom. The molecule has 0 saturated carbocycles. The topological polar surface area (TPSA) is 38.5 Å². The van der Waals surface area contributed by atoms with Crippen LogP contribution in [0.25, 0.3) is 0 Å². The van der Waals surface area contributed by atoms with Crippen molar-refractivity contribution in [3.05, 3.63) is 28.2 Å². The van der Waals surface area contributed by atoms with E-state index in [9.17, 15) is 0 Å². The average Bonchev–Trinajstić information content (AvgIpc) is 2.42. The van der Waals surface area contributed by atoms with E-state index >= 15 is 0 Å². The average molecular weight is 329 g/mol. The van der Waals surface area contributed by atoms with Gasteiger partial charge in [0.1, 0.15) is 5.75 Å². The molecule has 0 saturated heterocycles. The maximum atomic E-state index is 6.24. The van der Waals surface area contributed by atoms with Crippen LogP contribution in [0.15, 0.2) is 22.7 Å². The lowest BCUT2D eigenvalue weighted by Crippen LogP contribution is -2.31. The Morgan fingerprint density at radius 2 is 2.00 bits per heavy atom. The van der Waals surface area contributed by atoms with Crippen LogP contribution in [0.4, 0.5) is 0 Å². The zero-order chi connectivity index (χ0) is 14.3. The standard InChI is InChI=1S/C15H25BrN2O/c1-4-18(5-2)9-8-13(17)10-12-11-14(19-3)6-7-15(12)16/h6-7,11,13H,4-5,8-10,17H2,1-3H3. The largest absolute Gasteiger partial charge is 0.497 e. The summed E-state index contributed by atoms with van der Waals surface area (Å²) in [4.78, 5) is 2.40. The third kappa shape index (κ3) is 5.51. The van der Waals surface area contributed by atoms with E-state index in [2.05, 4.69) is 40.7 Å². The molecule has 0 heterocycles. The lowest BCUT2D eigenvalue weighted by atomic mass is 10.0. The van der Waals surface area contributed by atoms with E-state index in [1.54, 1.807) is 7.11 Å². The second-order valence-electron chi connectivity index (χ2n) is 4.74. The number of hydrogen-bond acceptors (Lipinski definition) is 3. The maximum absolute atomic E-state index is 6.24. The number of halogens is 1. The van der Waals surface area contributed by atoms with Crippen molar-refractivity contribution in [3.63, 3.8) is 0 Å². The monoisotopic (exact) mass is 328 g/mol. The molecule has 19 heavy (non-hydrogen) atoms. The summed E-state index contributed by atoms with van der Waals surface area (Å²) in [5.74, 6) is 0.883. The highest BCUT2D eigenvalue weighted by molar-refractivity contribution is 9.10. The van der Waals surface area contributed by atoms with Crippen molar-refractivity contribution in [1.82, 2.24) is 4.90 Å². The number of hydrogen-bond donors (Lipinski definition) is 1. The molecule has 1 unspecified atom stereocenters. The van der Waals surface area contributed by atoms with Gasteiger partial charge in [0.2, 0.25) is 0 Å². The van der Waals surface area contributed by atoms with Crippen LogP contribution in [0, 0.1) is 0 Å². The summed E-state index contributed by atoms with van der Waals surface area (Å²) in [6, 6.07) is 6.21. The van der Waals surface area contributed by atoms with Crippen LogP contribution < -0.4 is 10.5 Å². The van der Waals surface area contributed by atoms with Crippen LogP contribution in [-0.2, 0) is 6.42 Å². The highest BCUT2D eigenvalue weighted by Crippen LogP contribution is 2.23. The van der Waals surface area contributed by atoms with Gasteiger partial charge in [-0.05, 0) is 56.2 Å². The highest BCUT2D eigenvalue weighted by atomic mass is 79.9. The van der Waals surface area contributed by atoms with Crippen molar-refractivity contribution < 1.29 is 4.74 Å². The number of nitrogens with two attached hydrogens (primary N) is 1. The number of rotatable bonds is 8. The van der Waals surface area contributed by atoms with Crippen LogP contribution in [0.3, 0.4) is 0 Å². The van der Waals surface area contributed by atoms with Gasteiger partial charge in [-0.25, -0.2) is 0 Å². The molecule has 0 amide bonds. The Balaban J connectivity index is 2.54. The van der Waals surface area contributed by atoms with Gasteiger partial charge in [0.15, 0.2) is 0 Å². The Kier molecular flexibility index (Phi) is 7.42. The van der Waals surface area contributed by atoms with E-state index in [0.29, 0.717) is 0 Å². The zero-order valence-electron chi connectivity index (χ0n) is 12.2. The van der Waals surface area contributed by atoms with E-state index in [-0.39, 0.29) is 6.04 Å². The molecule has 4 heteroatoms. The van der Waals surface area contributed by atoms with Gasteiger partial charge in [-0.2, -0.15) is 0 Å². The molecule has 0 bridgehead atoms. The predicted molar refractivity (Wildman–Crippen MR) is 84.8 cm³/mol. The summed E-state index contributed by atoms with van der Waals surface area (Å²) in [6.45, 7) is 7.62. The zero-order valence-corrected chi connectivity index (χ0v) is 13.7. The van der Waals surface area contributed by atoms with Gasteiger partial charge in [0.05, 0.1) is 7.11 Å². The maximum Gasteiger partial charge on any atom is 0.119 e. The molecule has 0 aromatic heterocycles. The smallest absolute Gasteiger partial charge is 0.119 e. The number of methoxy groups -OCH3 is 1. The first kappa shape index (κ1) is 16.5. The van der Waals surface area contributed by atoms with Crippen LogP contribution in [0.5, 0.6) is 5.75 Å². The fraction of sp³-hybridized carbons (Fsp3) is 0.600. The summed E-state index contributed by atoms with van der Waals surface area (Å²) in [6.07, 6.45) is 1.89. The van der Waals surface area contributed by atoms with Crippen LogP contribution in [-0.4, -0.2) is 37.7 Å². The first-order chi connectivity index (χ1) is 9.10. The molecule has 1 rings (SSSR count). The summed E-state index contributed by atoms with van der Waals surface area (Å²) < 4.78 is 6.36. The van der Waals surface area contributed by atoms with Crippen molar-refractivity contribution in [2.24, 2.45) is 5.73 Å². The fourth-order valence-corrected chi connectivity index (χ4v) is 2.52. The van der Waals surface area contributed by atoms with Gasteiger partial charge >= 0.3 is 0 Å². The van der Waals surface area contributed by atoms with E-state index in [1.165, 1.54) is 5.56 Å². The number of nitrogens with zero attached hydrogens (tertiary/aromatic N) is 1. The minimum atomic E-state index is 0.184. The summed E-state index contributed by atoms with van der Waals surface area (Å²) >= 11 is 3.57. The molecule has 0 aliphatic heterocycles. The molecule has 0 radical (unpaired) electrons. The Morgan fingerprint density at radius 1 is 1.32 bits per heavy atom. The van der Waals surface area contributed by atoms with Crippen molar-refractivity contribution in [2.45, 2.75) is 32.7 Å². The first-order valence-electron chi connectivity index (χ1n) is 6.91. The van der Waals surface area contributed by atoms with Crippen molar-refractivity contribution in [2.75, 3.05) is 26.7 Å². The molecule has 0 spiro atoms. The Hall–Kier alpha value is -0.580. The Labute approximate surface area is 125 Å². The number of benzene rings is 1. The minimum Gasteiger partial charge on any atom is -0.497 e. The van der Waals surface area contributed by atoms with E-state index in [1.807, 2.05) is 12.1 Å². The Bertz CT molecular complexity index is 380. The van der Waals surface area contributed by atoms with E-state index in [0.717, 1.165) is 42.7 Å². The van der Waals surface area contributed by atoms with Crippen LogP contribution in [0.1, 0.15) is 25.8 Å². The summed E-state index contributed by atoms with van der Waals surface area (Å²) in [5, 5.41) is 0. The molecule has 0 aliphatic carbocycles. The molecular formula is C15H25BrN2O. The molecule has 1 aromatic rings. The number of ether oxygens (including phenoxy) is 1. The van der Waals surface area contributed by atoms with Gasteiger partial charge in [-0.1, -0.05) is 29.8 Å². The summed E-state index contributed by atoms with van der Waals surface area (Å²) in [5.41, 5.74) is 7.45. The third-order valence-corrected chi connectivity index (χ3v) is 4.22. The molecule has 0 fully saturated rings. The van der Waals surface area contributed by atoms with Crippen molar-refractivity contribution >= 4 is 15.9 Å². The third-order valence-electron chi connectivity index (χ3n) is 3.45. The molecule has 0 aliphatic rings.